The zero-order valence-corrected chi connectivity index (χ0v) is 9.83. The van der Waals surface area contributed by atoms with Crippen LogP contribution in [-0.2, 0) is 11.3 Å². The van der Waals surface area contributed by atoms with E-state index in [1.54, 1.807) is 6.92 Å². The van der Waals surface area contributed by atoms with E-state index in [0.717, 1.165) is 0 Å². The molecule has 1 atom stereocenters. The lowest BCUT2D eigenvalue weighted by atomic mass is 9.95. The summed E-state index contributed by atoms with van der Waals surface area (Å²) in [6, 6.07) is 1.19. The second-order valence-electron chi connectivity index (χ2n) is 4.13. The molecule has 0 bridgehead atoms. The Labute approximate surface area is 102 Å². The summed E-state index contributed by atoms with van der Waals surface area (Å²) in [5.41, 5.74) is -0.000182. The standard InChI is InChI=1S/C11H13F3N2O2/c1-2-18-10(17)8-6-9-7(11(12,13)14)4-3-5-16(9)15-8/h6-7H,2-5H2,1H3. The minimum absolute atomic E-state index is 0.0391. The molecule has 18 heavy (non-hydrogen) atoms. The molecule has 2 heterocycles. The van der Waals surface area contributed by atoms with E-state index in [2.05, 4.69) is 5.10 Å². The highest BCUT2D eigenvalue weighted by molar-refractivity contribution is 5.87. The summed E-state index contributed by atoms with van der Waals surface area (Å²) >= 11 is 0. The van der Waals surface area contributed by atoms with Gasteiger partial charge in [-0.2, -0.15) is 18.3 Å². The Hall–Kier alpha value is -1.53. The van der Waals surface area contributed by atoms with Crippen molar-refractivity contribution in [2.45, 2.75) is 38.4 Å². The van der Waals surface area contributed by atoms with E-state index in [1.165, 1.54) is 10.7 Å². The van der Waals surface area contributed by atoms with Gasteiger partial charge in [0, 0.05) is 6.54 Å². The monoisotopic (exact) mass is 262 g/mol. The van der Waals surface area contributed by atoms with E-state index in [1.807, 2.05) is 0 Å². The highest BCUT2D eigenvalue weighted by atomic mass is 19.4. The van der Waals surface area contributed by atoms with Crippen LogP contribution >= 0.6 is 0 Å². The number of esters is 1. The van der Waals surface area contributed by atoms with E-state index < -0.39 is 18.1 Å². The third kappa shape index (κ3) is 2.34. The second-order valence-corrected chi connectivity index (χ2v) is 4.13. The number of aryl methyl sites for hydroxylation is 1. The molecule has 2 rings (SSSR count). The van der Waals surface area contributed by atoms with Crippen LogP contribution < -0.4 is 0 Å². The predicted molar refractivity (Wildman–Crippen MR) is 56.2 cm³/mol. The molecular weight excluding hydrogens is 249 g/mol. The highest BCUT2D eigenvalue weighted by Crippen LogP contribution is 2.40. The second kappa shape index (κ2) is 4.62. The number of aromatic nitrogens is 2. The molecule has 4 nitrogen and oxygen atoms in total. The van der Waals surface area contributed by atoms with Crippen LogP contribution in [0.2, 0.25) is 0 Å². The SMILES string of the molecule is CCOC(=O)c1cc2n(n1)CCCC2C(F)(F)F. The van der Waals surface area contributed by atoms with Crippen LogP contribution in [0.1, 0.15) is 41.9 Å². The average Bonchev–Trinajstić information content (AvgIpc) is 2.71. The smallest absolute Gasteiger partial charge is 0.397 e. The number of hydrogen-bond donors (Lipinski definition) is 0. The molecule has 0 saturated carbocycles. The van der Waals surface area contributed by atoms with Crippen LogP contribution in [0.3, 0.4) is 0 Å². The molecule has 0 fully saturated rings. The summed E-state index contributed by atoms with van der Waals surface area (Å²) in [7, 11) is 0. The molecule has 0 aromatic carbocycles. The number of ether oxygens (including phenoxy) is 1. The number of hydrogen-bond acceptors (Lipinski definition) is 3. The van der Waals surface area contributed by atoms with Crippen molar-refractivity contribution in [1.82, 2.24) is 9.78 Å². The molecular formula is C11H13F3N2O2. The van der Waals surface area contributed by atoms with E-state index >= 15 is 0 Å². The molecule has 0 radical (unpaired) electrons. The van der Waals surface area contributed by atoms with Gasteiger partial charge in [0.2, 0.25) is 0 Å². The fourth-order valence-electron chi connectivity index (χ4n) is 2.12. The average molecular weight is 262 g/mol. The van der Waals surface area contributed by atoms with Crippen LogP contribution in [0.5, 0.6) is 0 Å². The number of nitrogens with zero attached hydrogens (tertiary/aromatic N) is 2. The van der Waals surface area contributed by atoms with Gasteiger partial charge in [-0.3, -0.25) is 4.68 Å². The zero-order chi connectivity index (χ0) is 13.3. The van der Waals surface area contributed by atoms with Gasteiger partial charge in [-0.15, -0.1) is 0 Å². The fraction of sp³-hybridized carbons (Fsp3) is 0.636. The molecule has 7 heteroatoms. The maximum atomic E-state index is 12.8. The number of carbonyl (C=O) groups is 1. The van der Waals surface area contributed by atoms with Gasteiger partial charge in [-0.1, -0.05) is 0 Å². The van der Waals surface area contributed by atoms with Crippen molar-refractivity contribution in [1.29, 1.82) is 0 Å². The molecule has 0 aliphatic carbocycles. The first-order chi connectivity index (χ1) is 8.43. The van der Waals surface area contributed by atoms with Gasteiger partial charge >= 0.3 is 12.1 Å². The van der Waals surface area contributed by atoms with Crippen LogP contribution in [-0.4, -0.2) is 28.5 Å². The molecule has 1 aliphatic heterocycles. The summed E-state index contributed by atoms with van der Waals surface area (Å²) in [5.74, 6) is -2.22. The lowest BCUT2D eigenvalue weighted by Crippen LogP contribution is -2.27. The van der Waals surface area contributed by atoms with Gasteiger partial charge in [0.05, 0.1) is 18.2 Å². The Bertz CT molecular complexity index is 454. The van der Waals surface area contributed by atoms with E-state index in [4.69, 9.17) is 4.74 Å². The van der Waals surface area contributed by atoms with Crippen molar-refractivity contribution in [2.24, 2.45) is 0 Å². The number of rotatable bonds is 2. The summed E-state index contributed by atoms with van der Waals surface area (Å²) in [4.78, 5) is 11.4. The first-order valence-electron chi connectivity index (χ1n) is 5.75. The Morgan fingerprint density at radius 2 is 2.33 bits per heavy atom. The number of carbonyl (C=O) groups excluding carboxylic acids is 1. The predicted octanol–water partition coefficient (Wildman–Crippen LogP) is 2.50. The lowest BCUT2D eigenvalue weighted by Gasteiger charge is -2.25. The van der Waals surface area contributed by atoms with Gasteiger partial charge in [0.1, 0.15) is 0 Å². The summed E-state index contributed by atoms with van der Waals surface area (Å²) in [6.07, 6.45) is -3.86. The number of fused-ring (bicyclic) bond motifs is 1. The molecule has 1 aromatic heterocycles. The Morgan fingerprint density at radius 3 is 2.94 bits per heavy atom. The van der Waals surface area contributed by atoms with E-state index in [0.29, 0.717) is 13.0 Å². The Morgan fingerprint density at radius 1 is 1.61 bits per heavy atom. The van der Waals surface area contributed by atoms with Crippen molar-refractivity contribution < 1.29 is 22.7 Å². The number of alkyl halides is 3. The first-order valence-corrected chi connectivity index (χ1v) is 5.75. The third-order valence-electron chi connectivity index (χ3n) is 2.91. The summed E-state index contributed by atoms with van der Waals surface area (Å²) < 4.78 is 44.5. The molecule has 100 valence electrons. The number of halogens is 3. The van der Waals surface area contributed by atoms with Crippen molar-refractivity contribution in [3.63, 3.8) is 0 Å². The minimum atomic E-state index is -4.30. The molecule has 0 spiro atoms. The minimum Gasteiger partial charge on any atom is -0.461 e. The maximum absolute atomic E-state index is 12.8. The molecule has 1 unspecified atom stereocenters. The van der Waals surface area contributed by atoms with Gasteiger partial charge in [0.25, 0.3) is 0 Å². The van der Waals surface area contributed by atoms with Gasteiger partial charge in [0.15, 0.2) is 5.69 Å². The van der Waals surface area contributed by atoms with Gasteiger partial charge in [-0.25, -0.2) is 4.79 Å². The third-order valence-corrected chi connectivity index (χ3v) is 2.91. The molecule has 1 aliphatic rings. The molecule has 0 N–H and O–H groups in total. The van der Waals surface area contributed by atoms with Crippen molar-refractivity contribution in [3.05, 3.63) is 17.5 Å². The first kappa shape index (κ1) is 12.9. The van der Waals surface area contributed by atoms with Crippen molar-refractivity contribution >= 4 is 5.97 Å². The molecule has 1 aromatic rings. The Balaban J connectivity index is 2.32. The van der Waals surface area contributed by atoms with Crippen LogP contribution in [0, 0.1) is 0 Å². The summed E-state index contributed by atoms with van der Waals surface area (Å²) in [5, 5.41) is 3.88. The normalized spacial score (nSPS) is 19.4. The highest BCUT2D eigenvalue weighted by Gasteiger charge is 2.44. The van der Waals surface area contributed by atoms with Crippen LogP contribution in [0.25, 0.3) is 0 Å². The Kier molecular flexibility index (Phi) is 3.32. The van der Waals surface area contributed by atoms with Gasteiger partial charge in [-0.05, 0) is 25.8 Å². The van der Waals surface area contributed by atoms with E-state index in [9.17, 15) is 18.0 Å². The van der Waals surface area contributed by atoms with Crippen molar-refractivity contribution in [2.75, 3.05) is 6.61 Å². The molecule has 0 saturated heterocycles. The fourth-order valence-corrected chi connectivity index (χ4v) is 2.12. The van der Waals surface area contributed by atoms with Crippen LogP contribution in [0.15, 0.2) is 6.07 Å². The zero-order valence-electron chi connectivity index (χ0n) is 9.83. The summed E-state index contributed by atoms with van der Waals surface area (Å²) in [6.45, 7) is 2.21. The van der Waals surface area contributed by atoms with E-state index in [-0.39, 0.29) is 24.4 Å². The lowest BCUT2D eigenvalue weighted by molar-refractivity contribution is -0.155. The topological polar surface area (TPSA) is 44.1 Å². The van der Waals surface area contributed by atoms with Gasteiger partial charge < -0.3 is 4.74 Å². The van der Waals surface area contributed by atoms with Crippen molar-refractivity contribution in [3.8, 4) is 0 Å². The molecule has 0 amide bonds. The largest absolute Gasteiger partial charge is 0.461 e. The van der Waals surface area contributed by atoms with Crippen LogP contribution in [0.4, 0.5) is 13.2 Å². The quantitative estimate of drug-likeness (QED) is 0.769. The maximum Gasteiger partial charge on any atom is 0.397 e.